The highest BCUT2D eigenvalue weighted by Gasteiger charge is 2.39. The zero-order valence-electron chi connectivity index (χ0n) is 18.8. The lowest BCUT2D eigenvalue weighted by Crippen LogP contribution is -2.39. The van der Waals surface area contributed by atoms with E-state index in [0.717, 1.165) is 22.6 Å². The van der Waals surface area contributed by atoms with Crippen LogP contribution in [0, 0.1) is 19.8 Å². The van der Waals surface area contributed by atoms with E-state index in [1.165, 1.54) is 12.8 Å². The Bertz CT molecular complexity index is 1190. The van der Waals surface area contributed by atoms with Gasteiger partial charge in [0.05, 0.1) is 42.5 Å². The Balaban J connectivity index is 1.32. The van der Waals surface area contributed by atoms with Crippen LogP contribution in [0.15, 0.2) is 12.4 Å². The van der Waals surface area contributed by atoms with E-state index in [-0.39, 0.29) is 12.0 Å². The molecule has 0 radical (unpaired) electrons. The maximum atomic E-state index is 13.1. The molecule has 1 saturated heterocycles. The van der Waals surface area contributed by atoms with Gasteiger partial charge in [-0.05, 0) is 39.5 Å². The predicted molar refractivity (Wildman–Crippen MR) is 117 cm³/mol. The van der Waals surface area contributed by atoms with Crippen molar-refractivity contribution in [1.29, 1.82) is 0 Å². The molecule has 0 spiro atoms. The predicted octanol–water partition coefficient (Wildman–Crippen LogP) is 3.90. The van der Waals surface area contributed by atoms with Crippen molar-refractivity contribution >= 4 is 17.1 Å². The first kappa shape index (κ1) is 20.8. The molecular weight excluding hydrogens is 428 g/mol. The number of alkyl halides is 2. The molecule has 8 nitrogen and oxygen atoms in total. The van der Waals surface area contributed by atoms with Crippen LogP contribution in [0.1, 0.15) is 66.4 Å². The molecule has 3 fully saturated rings. The van der Waals surface area contributed by atoms with E-state index in [2.05, 4.69) is 21.2 Å². The molecule has 10 heteroatoms. The van der Waals surface area contributed by atoms with Crippen molar-refractivity contribution in [1.82, 2.24) is 29.7 Å². The van der Waals surface area contributed by atoms with Gasteiger partial charge < -0.3 is 9.64 Å². The average Bonchev–Trinajstić information content (AvgIpc) is 3.50. The first-order valence-electron chi connectivity index (χ1n) is 11.7. The van der Waals surface area contributed by atoms with Crippen molar-refractivity contribution in [3.63, 3.8) is 0 Å². The summed E-state index contributed by atoms with van der Waals surface area (Å²) in [7, 11) is 0. The van der Waals surface area contributed by atoms with Gasteiger partial charge in [0.2, 0.25) is 12.4 Å². The molecule has 3 aromatic rings. The van der Waals surface area contributed by atoms with Gasteiger partial charge in [-0.15, -0.1) is 0 Å². The second kappa shape index (κ2) is 7.93. The Morgan fingerprint density at radius 3 is 2.61 bits per heavy atom. The minimum absolute atomic E-state index is 0.0433. The van der Waals surface area contributed by atoms with Gasteiger partial charge in [0.15, 0.2) is 5.65 Å². The molecule has 1 atom stereocenters. The maximum absolute atomic E-state index is 13.1. The van der Waals surface area contributed by atoms with Crippen molar-refractivity contribution in [2.24, 2.45) is 5.92 Å². The minimum atomic E-state index is -2.29. The first-order valence-corrected chi connectivity index (χ1v) is 11.7. The van der Waals surface area contributed by atoms with Crippen LogP contribution >= 0.6 is 0 Å². The number of halogens is 2. The Morgan fingerprint density at radius 1 is 1.06 bits per heavy atom. The molecule has 0 aromatic carbocycles. The van der Waals surface area contributed by atoms with Crippen LogP contribution < -0.4 is 4.90 Å². The molecule has 4 heterocycles. The van der Waals surface area contributed by atoms with Crippen molar-refractivity contribution < 1.29 is 13.5 Å². The van der Waals surface area contributed by atoms with Gasteiger partial charge in [0.1, 0.15) is 11.6 Å². The molecule has 2 aliphatic carbocycles. The lowest BCUT2D eigenvalue weighted by Gasteiger charge is -2.36. The van der Waals surface area contributed by atoms with Crippen LogP contribution in [0.2, 0.25) is 0 Å². The molecule has 0 amide bonds. The van der Waals surface area contributed by atoms with Crippen molar-refractivity contribution in [3.05, 3.63) is 35.0 Å². The fraction of sp³-hybridized carbons (Fsp3) is 0.609. The van der Waals surface area contributed by atoms with Gasteiger partial charge in [0.25, 0.3) is 0 Å². The number of fused-ring (bicyclic) bond motifs is 1. The fourth-order valence-corrected chi connectivity index (χ4v) is 4.73. The molecule has 1 aliphatic heterocycles. The molecule has 3 aromatic heterocycles. The zero-order valence-corrected chi connectivity index (χ0v) is 18.8. The zero-order chi connectivity index (χ0) is 22.7. The summed E-state index contributed by atoms with van der Waals surface area (Å²) in [5.74, 6) is -0.0459. The third-order valence-corrected chi connectivity index (χ3v) is 7.14. The van der Waals surface area contributed by atoms with E-state index in [1.54, 1.807) is 0 Å². The molecule has 0 bridgehead atoms. The summed E-state index contributed by atoms with van der Waals surface area (Å²) in [6.45, 7) is 5.61. The molecule has 174 valence electrons. The van der Waals surface area contributed by atoms with Gasteiger partial charge in [0, 0.05) is 30.1 Å². The van der Waals surface area contributed by atoms with Crippen LogP contribution in [0.5, 0.6) is 0 Å². The Morgan fingerprint density at radius 2 is 1.85 bits per heavy atom. The van der Waals surface area contributed by atoms with Crippen LogP contribution in [-0.2, 0) is 4.74 Å². The number of aryl methyl sites for hydroxylation is 2. The van der Waals surface area contributed by atoms with Crippen LogP contribution in [0.4, 0.5) is 14.7 Å². The summed E-state index contributed by atoms with van der Waals surface area (Å²) < 4.78 is 34.3. The van der Waals surface area contributed by atoms with E-state index in [1.807, 2.05) is 24.7 Å². The number of morpholine rings is 1. The number of rotatable bonds is 5. The summed E-state index contributed by atoms with van der Waals surface area (Å²) in [6, 6.07) is 0.523. The lowest BCUT2D eigenvalue weighted by molar-refractivity contribution is 0.0220. The second-order valence-electron chi connectivity index (χ2n) is 9.53. The number of anilines is 1. The highest BCUT2D eigenvalue weighted by Crippen LogP contribution is 2.45. The molecule has 0 unspecified atom stereocenters. The van der Waals surface area contributed by atoms with Gasteiger partial charge in [-0.1, -0.05) is 0 Å². The van der Waals surface area contributed by atoms with Crippen LogP contribution in [0.25, 0.3) is 11.2 Å². The van der Waals surface area contributed by atoms with Crippen LogP contribution in [-0.4, -0.2) is 55.8 Å². The molecule has 3 aliphatic rings. The number of hydrogen-bond acceptors (Lipinski definition) is 7. The number of hydrogen-bond donors (Lipinski definition) is 0. The third-order valence-electron chi connectivity index (χ3n) is 7.14. The Kier molecular flexibility index (Phi) is 5.01. The molecule has 0 N–H and O–H groups in total. The minimum Gasteiger partial charge on any atom is -0.370 e. The summed E-state index contributed by atoms with van der Waals surface area (Å²) in [6.07, 6.45) is 4.76. The summed E-state index contributed by atoms with van der Waals surface area (Å²) in [5.41, 5.74) is 4.58. The fourth-order valence-electron chi connectivity index (χ4n) is 4.73. The molecule has 2 saturated carbocycles. The van der Waals surface area contributed by atoms with Gasteiger partial charge in [-0.2, -0.15) is 10.1 Å². The van der Waals surface area contributed by atoms with Crippen molar-refractivity contribution in [2.75, 3.05) is 24.6 Å². The van der Waals surface area contributed by atoms with E-state index in [0.29, 0.717) is 55.7 Å². The Labute approximate surface area is 190 Å². The SMILES string of the molecule is Cc1nc2nc(N3CCO[C@H](c4cnn(C5CC5)c4)C3)nc([C@H]3C[C@@H](C(F)F)C3)c2nc1C. The van der Waals surface area contributed by atoms with Crippen LogP contribution in [0.3, 0.4) is 0 Å². The maximum Gasteiger partial charge on any atom is 0.241 e. The number of ether oxygens (including phenoxy) is 1. The second-order valence-corrected chi connectivity index (χ2v) is 9.53. The molecule has 33 heavy (non-hydrogen) atoms. The highest BCUT2D eigenvalue weighted by molar-refractivity contribution is 5.75. The monoisotopic (exact) mass is 455 g/mol. The summed E-state index contributed by atoms with van der Waals surface area (Å²) >= 11 is 0. The van der Waals surface area contributed by atoms with E-state index >= 15 is 0 Å². The summed E-state index contributed by atoms with van der Waals surface area (Å²) in [4.78, 5) is 21.1. The largest absolute Gasteiger partial charge is 0.370 e. The standard InChI is InChI=1S/C23H27F2N7O/c1-12-13(2)28-22-20(27-12)19(14-7-15(8-14)21(24)25)29-23(30-22)31-5-6-33-18(11-31)16-9-26-32(10-16)17-3-4-17/h9-10,14-15,17-18,21H,3-8,11H2,1-2H3/t14-,15+,18-/m0/s1. The number of nitrogens with zero attached hydrogens (tertiary/aromatic N) is 7. The lowest BCUT2D eigenvalue weighted by atomic mass is 9.73. The summed E-state index contributed by atoms with van der Waals surface area (Å²) in [5, 5.41) is 4.49. The van der Waals surface area contributed by atoms with Gasteiger partial charge in [-0.3, -0.25) is 4.68 Å². The molecular formula is C23H27F2N7O. The molecule has 6 rings (SSSR count). The smallest absolute Gasteiger partial charge is 0.241 e. The first-order chi connectivity index (χ1) is 16.0. The highest BCUT2D eigenvalue weighted by atomic mass is 19.3. The van der Waals surface area contributed by atoms with Crippen molar-refractivity contribution in [3.8, 4) is 0 Å². The average molecular weight is 456 g/mol. The third kappa shape index (κ3) is 3.84. The number of aromatic nitrogens is 6. The quantitative estimate of drug-likeness (QED) is 0.577. The Hall–Kier alpha value is -2.75. The van der Waals surface area contributed by atoms with Gasteiger partial charge in [-0.25, -0.2) is 23.7 Å². The van der Waals surface area contributed by atoms with Crippen molar-refractivity contribution in [2.45, 2.75) is 64.0 Å². The van der Waals surface area contributed by atoms with E-state index in [9.17, 15) is 8.78 Å². The van der Waals surface area contributed by atoms with Gasteiger partial charge >= 0.3 is 0 Å². The van der Waals surface area contributed by atoms with E-state index in [4.69, 9.17) is 19.7 Å². The topological polar surface area (TPSA) is 81.9 Å². The normalized spacial score (nSPS) is 25.6. The van der Waals surface area contributed by atoms with E-state index < -0.39 is 12.3 Å².